The summed E-state index contributed by atoms with van der Waals surface area (Å²) in [6.45, 7) is 1.57. The molecule has 0 saturated carbocycles. The number of hydrogen-bond donors (Lipinski definition) is 3. The minimum atomic E-state index is -0.589. The molecule has 0 amide bonds. The second-order valence-electron chi connectivity index (χ2n) is 2.72. The monoisotopic (exact) mass is 168 g/mol. The first-order chi connectivity index (χ1) is 5.65. The molecule has 0 spiro atoms. The van der Waals surface area contributed by atoms with Crippen LogP contribution in [0.4, 0.5) is 0 Å². The normalized spacial score (nSPS) is 12.9. The maximum absolute atomic E-state index is 11.2. The first-order valence-corrected chi connectivity index (χ1v) is 3.71. The summed E-state index contributed by atoms with van der Waals surface area (Å²) in [5, 5.41) is 8.70. The number of pyridine rings is 1. The molecule has 4 heteroatoms. The fourth-order valence-corrected chi connectivity index (χ4v) is 0.972. The Hall–Kier alpha value is -1.13. The van der Waals surface area contributed by atoms with Crippen LogP contribution in [-0.2, 0) is 0 Å². The Labute approximate surface area is 70.0 Å². The van der Waals surface area contributed by atoms with Crippen molar-refractivity contribution in [3.63, 3.8) is 0 Å². The van der Waals surface area contributed by atoms with Gasteiger partial charge in [-0.25, -0.2) is 0 Å². The molecule has 1 aromatic heterocycles. The average molecular weight is 168 g/mol. The van der Waals surface area contributed by atoms with E-state index >= 15 is 0 Å². The Balaban J connectivity index is 3.10. The molecule has 12 heavy (non-hydrogen) atoms. The predicted molar refractivity (Wildman–Crippen MR) is 45.8 cm³/mol. The van der Waals surface area contributed by atoms with E-state index in [9.17, 15) is 4.79 Å². The summed E-state index contributed by atoms with van der Waals surface area (Å²) in [6.07, 6.45) is 1.54. The van der Waals surface area contributed by atoms with Gasteiger partial charge in [-0.05, 0) is 6.92 Å². The third-order valence-electron chi connectivity index (χ3n) is 1.68. The molecular weight excluding hydrogens is 156 g/mol. The highest BCUT2D eigenvalue weighted by Gasteiger charge is 2.07. The summed E-state index contributed by atoms with van der Waals surface area (Å²) < 4.78 is 0. The summed E-state index contributed by atoms with van der Waals surface area (Å²) in [7, 11) is 0. The Morgan fingerprint density at radius 1 is 1.75 bits per heavy atom. The molecule has 1 rings (SSSR count). The first-order valence-electron chi connectivity index (χ1n) is 3.71. The van der Waals surface area contributed by atoms with Gasteiger partial charge in [0.2, 0.25) is 0 Å². The van der Waals surface area contributed by atoms with E-state index in [1.165, 1.54) is 6.07 Å². The van der Waals surface area contributed by atoms with E-state index in [1.54, 1.807) is 13.1 Å². The Morgan fingerprint density at radius 2 is 2.42 bits per heavy atom. The summed E-state index contributed by atoms with van der Waals surface area (Å²) in [5.74, 6) is 0. The van der Waals surface area contributed by atoms with Crippen molar-refractivity contribution in [3.05, 3.63) is 33.7 Å². The molecule has 0 saturated heterocycles. The molecule has 0 radical (unpaired) electrons. The second kappa shape index (κ2) is 3.51. The maximum Gasteiger partial charge on any atom is 0.186 e. The molecule has 0 aromatic carbocycles. The molecular formula is C8H12N2O2. The largest absolute Gasteiger partial charge is 0.394 e. The van der Waals surface area contributed by atoms with Crippen LogP contribution in [0.15, 0.2) is 17.1 Å². The number of aryl methyl sites for hydroxylation is 1. The smallest absolute Gasteiger partial charge is 0.186 e. The molecule has 0 fully saturated rings. The fraction of sp³-hybridized carbons (Fsp3) is 0.375. The zero-order valence-electron chi connectivity index (χ0n) is 6.87. The minimum Gasteiger partial charge on any atom is -0.394 e. The molecule has 1 unspecified atom stereocenters. The van der Waals surface area contributed by atoms with Crippen molar-refractivity contribution in [2.24, 2.45) is 5.73 Å². The molecule has 0 aliphatic carbocycles. The molecule has 4 nitrogen and oxygen atoms in total. The van der Waals surface area contributed by atoms with E-state index in [1.807, 2.05) is 0 Å². The van der Waals surface area contributed by atoms with E-state index < -0.39 is 6.04 Å². The van der Waals surface area contributed by atoms with Crippen LogP contribution >= 0.6 is 0 Å². The lowest BCUT2D eigenvalue weighted by atomic mass is 10.1. The highest BCUT2D eigenvalue weighted by molar-refractivity contribution is 5.17. The van der Waals surface area contributed by atoms with Crippen LogP contribution in [0.3, 0.4) is 0 Å². The van der Waals surface area contributed by atoms with Gasteiger partial charge in [-0.1, -0.05) is 0 Å². The van der Waals surface area contributed by atoms with Gasteiger partial charge in [0.05, 0.1) is 12.6 Å². The highest BCUT2D eigenvalue weighted by atomic mass is 16.3. The van der Waals surface area contributed by atoms with Crippen LogP contribution in [0.5, 0.6) is 0 Å². The van der Waals surface area contributed by atoms with E-state index in [2.05, 4.69) is 4.98 Å². The maximum atomic E-state index is 11.2. The number of aliphatic hydroxyl groups is 1. The molecule has 66 valence electrons. The summed E-state index contributed by atoms with van der Waals surface area (Å²) in [4.78, 5) is 14.1. The average Bonchev–Trinajstić information content (AvgIpc) is 2.03. The first kappa shape index (κ1) is 8.96. The number of aromatic amines is 1. The number of aromatic nitrogens is 1. The number of hydrogen-bond acceptors (Lipinski definition) is 3. The lowest BCUT2D eigenvalue weighted by molar-refractivity contribution is 0.267. The molecule has 4 N–H and O–H groups in total. The third kappa shape index (κ3) is 1.72. The van der Waals surface area contributed by atoms with Gasteiger partial charge in [0.25, 0.3) is 0 Å². The van der Waals surface area contributed by atoms with Gasteiger partial charge in [0.15, 0.2) is 5.43 Å². The lowest BCUT2D eigenvalue weighted by Crippen LogP contribution is -2.22. The lowest BCUT2D eigenvalue weighted by Gasteiger charge is -2.06. The van der Waals surface area contributed by atoms with E-state index in [0.29, 0.717) is 5.56 Å². The van der Waals surface area contributed by atoms with Gasteiger partial charge in [0.1, 0.15) is 0 Å². The van der Waals surface area contributed by atoms with Gasteiger partial charge < -0.3 is 15.8 Å². The number of rotatable bonds is 2. The number of aliphatic hydroxyl groups excluding tert-OH is 1. The van der Waals surface area contributed by atoms with Gasteiger partial charge >= 0.3 is 0 Å². The SMILES string of the molecule is Cc1cc(=O)c(C(N)CO)c[nH]1. The van der Waals surface area contributed by atoms with Gasteiger partial charge in [0, 0.05) is 23.5 Å². The van der Waals surface area contributed by atoms with Crippen molar-refractivity contribution < 1.29 is 5.11 Å². The van der Waals surface area contributed by atoms with Crippen molar-refractivity contribution in [2.75, 3.05) is 6.61 Å². The molecule has 0 aliphatic heterocycles. The van der Waals surface area contributed by atoms with Crippen LogP contribution in [0.25, 0.3) is 0 Å². The Bertz CT molecular complexity index is 319. The Morgan fingerprint density at radius 3 is 2.92 bits per heavy atom. The van der Waals surface area contributed by atoms with Crippen molar-refractivity contribution >= 4 is 0 Å². The van der Waals surface area contributed by atoms with Crippen LogP contribution in [0, 0.1) is 6.92 Å². The van der Waals surface area contributed by atoms with Crippen molar-refractivity contribution in [3.8, 4) is 0 Å². The van der Waals surface area contributed by atoms with E-state index in [4.69, 9.17) is 10.8 Å². The van der Waals surface area contributed by atoms with Gasteiger partial charge in [-0.15, -0.1) is 0 Å². The molecule has 1 aromatic rings. The van der Waals surface area contributed by atoms with Crippen LogP contribution in [0.2, 0.25) is 0 Å². The third-order valence-corrected chi connectivity index (χ3v) is 1.68. The summed E-state index contributed by atoms with van der Waals surface area (Å²) in [6, 6.07) is 0.875. The molecule has 0 aliphatic rings. The van der Waals surface area contributed by atoms with Crippen molar-refractivity contribution in [2.45, 2.75) is 13.0 Å². The standard InChI is InChI=1S/C8H12N2O2/c1-5-2-8(12)6(3-10-5)7(9)4-11/h2-3,7,11H,4,9H2,1H3,(H,10,12). The number of H-pyrrole nitrogens is 1. The zero-order valence-corrected chi connectivity index (χ0v) is 6.87. The number of nitrogens with two attached hydrogens (primary N) is 1. The predicted octanol–water partition coefficient (Wildman–Crippen LogP) is -0.325. The summed E-state index contributed by atoms with van der Waals surface area (Å²) >= 11 is 0. The highest BCUT2D eigenvalue weighted by Crippen LogP contribution is 2.01. The van der Waals surface area contributed by atoms with Crippen molar-refractivity contribution in [1.82, 2.24) is 4.98 Å². The molecule has 1 atom stereocenters. The van der Waals surface area contributed by atoms with Crippen molar-refractivity contribution in [1.29, 1.82) is 0 Å². The fourth-order valence-electron chi connectivity index (χ4n) is 0.972. The van der Waals surface area contributed by atoms with E-state index in [0.717, 1.165) is 5.69 Å². The number of nitrogens with one attached hydrogen (secondary N) is 1. The Kier molecular flexibility index (Phi) is 2.62. The van der Waals surface area contributed by atoms with Gasteiger partial charge in [-0.2, -0.15) is 0 Å². The molecule has 1 heterocycles. The quantitative estimate of drug-likeness (QED) is 0.566. The van der Waals surface area contributed by atoms with Gasteiger partial charge in [-0.3, -0.25) is 4.79 Å². The minimum absolute atomic E-state index is 0.132. The zero-order chi connectivity index (χ0) is 9.14. The van der Waals surface area contributed by atoms with Crippen LogP contribution in [0.1, 0.15) is 17.3 Å². The summed E-state index contributed by atoms with van der Waals surface area (Å²) in [5.41, 5.74) is 6.55. The topological polar surface area (TPSA) is 79.1 Å². The van der Waals surface area contributed by atoms with E-state index in [-0.39, 0.29) is 12.0 Å². The molecule has 0 bridgehead atoms. The van der Waals surface area contributed by atoms with Crippen LogP contribution < -0.4 is 11.2 Å². The second-order valence-corrected chi connectivity index (χ2v) is 2.72. The van der Waals surface area contributed by atoms with Crippen LogP contribution in [-0.4, -0.2) is 16.7 Å².